The number of carbonyl (C=O) groups is 1. The molecule has 5 nitrogen and oxygen atoms in total. The van der Waals surface area contributed by atoms with Gasteiger partial charge < -0.3 is 5.32 Å². The summed E-state index contributed by atoms with van der Waals surface area (Å²) in [4.78, 5) is 16.4. The Morgan fingerprint density at radius 3 is 2.54 bits per heavy atom. The largest absolute Gasteiger partial charge is 0.318 e. The fourth-order valence-corrected chi connectivity index (χ4v) is 2.59. The van der Waals surface area contributed by atoms with E-state index in [2.05, 4.69) is 31.3 Å². The molecule has 0 atom stereocenters. The highest BCUT2D eigenvalue weighted by atomic mass is 79.9. The second kappa shape index (κ2) is 6.48. The summed E-state index contributed by atoms with van der Waals surface area (Å²) in [6.45, 7) is 1.82. The predicted molar refractivity (Wildman–Crippen MR) is 88.1 cm³/mol. The maximum atomic E-state index is 13.8. The summed E-state index contributed by atoms with van der Waals surface area (Å²) in [5.74, 6) is -2.05. The maximum absolute atomic E-state index is 13.8. The number of pyridine rings is 1. The highest BCUT2D eigenvalue weighted by Crippen LogP contribution is 2.21. The van der Waals surface area contributed by atoms with Crippen LogP contribution in [0.4, 0.5) is 14.5 Å². The molecular formula is C16H11BrF2N4O. The number of carbonyl (C=O) groups excluding carboxylic acids is 1. The van der Waals surface area contributed by atoms with Crippen LogP contribution in [0.5, 0.6) is 0 Å². The minimum Gasteiger partial charge on any atom is -0.318 e. The number of para-hydroxylation sites is 1. The van der Waals surface area contributed by atoms with Crippen molar-refractivity contribution in [3.63, 3.8) is 0 Å². The number of anilines is 1. The Kier molecular flexibility index (Phi) is 4.39. The van der Waals surface area contributed by atoms with E-state index in [9.17, 15) is 13.6 Å². The summed E-state index contributed by atoms with van der Waals surface area (Å²) in [6.07, 6.45) is 1.32. The van der Waals surface area contributed by atoms with Crippen molar-refractivity contribution in [2.24, 2.45) is 0 Å². The highest BCUT2D eigenvalue weighted by Gasteiger charge is 2.16. The molecule has 8 heteroatoms. The number of benzene rings is 1. The molecule has 24 heavy (non-hydrogen) atoms. The first-order valence-electron chi connectivity index (χ1n) is 6.90. The first kappa shape index (κ1) is 16.3. The Bertz CT molecular complexity index is 906. The van der Waals surface area contributed by atoms with Gasteiger partial charge in [0, 0.05) is 11.9 Å². The van der Waals surface area contributed by atoms with Gasteiger partial charge in [0.15, 0.2) is 17.3 Å². The molecule has 0 aliphatic rings. The van der Waals surface area contributed by atoms with Crippen molar-refractivity contribution in [1.29, 1.82) is 0 Å². The van der Waals surface area contributed by atoms with E-state index >= 15 is 0 Å². The predicted octanol–water partition coefficient (Wildman–Crippen LogP) is 3.87. The smallest absolute Gasteiger partial charge is 0.276 e. The molecule has 0 spiro atoms. The molecule has 3 rings (SSSR count). The molecule has 0 aliphatic heterocycles. The van der Waals surface area contributed by atoms with Crippen LogP contribution >= 0.6 is 15.9 Å². The van der Waals surface area contributed by atoms with Crippen molar-refractivity contribution in [2.45, 2.75) is 6.92 Å². The molecule has 0 unspecified atom stereocenters. The Hall–Kier alpha value is -2.61. The first-order valence-corrected chi connectivity index (χ1v) is 7.69. The number of aromatic nitrogens is 3. The van der Waals surface area contributed by atoms with Crippen molar-refractivity contribution in [1.82, 2.24) is 14.8 Å². The SMILES string of the molecule is Cc1ccc(NC(=O)c2ccn(-c3c(F)cccc3F)n2)c(Br)n1. The molecule has 0 saturated carbocycles. The van der Waals surface area contributed by atoms with Crippen LogP contribution in [0.2, 0.25) is 0 Å². The van der Waals surface area contributed by atoms with Crippen molar-refractivity contribution in [3.05, 3.63) is 70.2 Å². The summed E-state index contributed by atoms with van der Waals surface area (Å²) in [7, 11) is 0. The standard InChI is InChI=1S/C16H11BrF2N4O/c1-9-5-6-12(15(17)20-9)21-16(24)13-7-8-23(22-13)14-10(18)3-2-4-11(14)19/h2-8H,1H3,(H,21,24). The lowest BCUT2D eigenvalue weighted by Crippen LogP contribution is -2.14. The molecule has 1 N–H and O–H groups in total. The monoisotopic (exact) mass is 392 g/mol. The number of rotatable bonds is 3. The van der Waals surface area contributed by atoms with Crippen molar-refractivity contribution < 1.29 is 13.6 Å². The molecule has 0 aliphatic carbocycles. The molecule has 0 radical (unpaired) electrons. The third-order valence-corrected chi connectivity index (χ3v) is 3.83. The first-order chi connectivity index (χ1) is 11.5. The minimum absolute atomic E-state index is 0.0186. The maximum Gasteiger partial charge on any atom is 0.276 e. The van der Waals surface area contributed by atoms with E-state index in [4.69, 9.17) is 0 Å². The van der Waals surface area contributed by atoms with Crippen molar-refractivity contribution >= 4 is 27.5 Å². The van der Waals surface area contributed by atoms with Crippen LogP contribution < -0.4 is 5.32 Å². The third-order valence-electron chi connectivity index (χ3n) is 3.22. The van der Waals surface area contributed by atoms with Crippen LogP contribution in [0, 0.1) is 18.6 Å². The molecule has 1 amide bonds. The zero-order chi connectivity index (χ0) is 17.3. The molecule has 0 bridgehead atoms. The summed E-state index contributed by atoms with van der Waals surface area (Å²) >= 11 is 3.26. The number of amides is 1. The number of hydrogen-bond donors (Lipinski definition) is 1. The van der Waals surface area contributed by atoms with E-state index in [1.807, 2.05) is 6.92 Å². The zero-order valence-electron chi connectivity index (χ0n) is 12.4. The van der Waals surface area contributed by atoms with Gasteiger partial charge in [-0.2, -0.15) is 5.10 Å². The Balaban J connectivity index is 1.86. The Labute approximate surface area is 144 Å². The average Bonchev–Trinajstić information content (AvgIpc) is 2.99. The number of halogens is 3. The summed E-state index contributed by atoms with van der Waals surface area (Å²) < 4.78 is 29.0. The second-order valence-electron chi connectivity index (χ2n) is 4.96. The molecule has 3 aromatic rings. The molecule has 0 saturated heterocycles. The molecule has 122 valence electrons. The van der Waals surface area contributed by atoms with Crippen LogP contribution in [0.25, 0.3) is 5.69 Å². The zero-order valence-corrected chi connectivity index (χ0v) is 14.0. The van der Waals surface area contributed by atoms with E-state index in [0.717, 1.165) is 22.5 Å². The van der Waals surface area contributed by atoms with Gasteiger partial charge in [0.1, 0.15) is 10.3 Å². The van der Waals surface area contributed by atoms with E-state index < -0.39 is 17.5 Å². The average molecular weight is 393 g/mol. The van der Waals surface area contributed by atoms with Crippen molar-refractivity contribution in [3.8, 4) is 5.69 Å². The Morgan fingerprint density at radius 1 is 1.17 bits per heavy atom. The van der Waals surface area contributed by atoms with E-state index in [1.54, 1.807) is 12.1 Å². The molecular weight excluding hydrogens is 382 g/mol. The number of aryl methyl sites for hydroxylation is 1. The van der Waals surface area contributed by atoms with Gasteiger partial charge in [0.05, 0.1) is 5.69 Å². The van der Waals surface area contributed by atoms with Crippen LogP contribution in [0.3, 0.4) is 0 Å². The van der Waals surface area contributed by atoms with Gasteiger partial charge in [0.2, 0.25) is 0 Å². The van der Waals surface area contributed by atoms with Crippen LogP contribution in [-0.4, -0.2) is 20.7 Å². The Morgan fingerprint density at radius 2 is 1.88 bits per heavy atom. The van der Waals surface area contributed by atoms with Gasteiger partial charge in [-0.15, -0.1) is 0 Å². The summed E-state index contributed by atoms with van der Waals surface area (Å²) in [5.41, 5.74) is 0.941. The summed E-state index contributed by atoms with van der Waals surface area (Å²) in [6, 6.07) is 8.30. The molecule has 2 heterocycles. The lowest BCUT2D eigenvalue weighted by Gasteiger charge is -2.06. The second-order valence-corrected chi connectivity index (χ2v) is 5.71. The number of nitrogens with one attached hydrogen (secondary N) is 1. The van der Waals surface area contributed by atoms with Gasteiger partial charge in [0.25, 0.3) is 5.91 Å². The quantitative estimate of drug-likeness (QED) is 0.688. The number of hydrogen-bond acceptors (Lipinski definition) is 3. The number of nitrogens with zero attached hydrogens (tertiary/aromatic N) is 3. The van der Waals surface area contributed by atoms with Gasteiger partial charge in [-0.3, -0.25) is 4.79 Å². The highest BCUT2D eigenvalue weighted by molar-refractivity contribution is 9.10. The summed E-state index contributed by atoms with van der Waals surface area (Å²) in [5, 5.41) is 6.57. The van der Waals surface area contributed by atoms with Crippen molar-refractivity contribution in [2.75, 3.05) is 5.32 Å². The lowest BCUT2D eigenvalue weighted by molar-refractivity contribution is 0.102. The van der Waals surface area contributed by atoms with E-state index in [-0.39, 0.29) is 11.4 Å². The van der Waals surface area contributed by atoms with E-state index in [0.29, 0.717) is 10.3 Å². The molecule has 2 aromatic heterocycles. The lowest BCUT2D eigenvalue weighted by atomic mass is 10.3. The molecule has 0 fully saturated rings. The van der Waals surface area contributed by atoms with Gasteiger partial charge >= 0.3 is 0 Å². The van der Waals surface area contributed by atoms with Crippen LogP contribution in [0.1, 0.15) is 16.2 Å². The normalized spacial score (nSPS) is 10.7. The third kappa shape index (κ3) is 3.18. The minimum atomic E-state index is -0.768. The van der Waals surface area contributed by atoms with E-state index in [1.165, 1.54) is 18.3 Å². The fourth-order valence-electron chi connectivity index (χ4n) is 2.08. The van der Waals surface area contributed by atoms with Gasteiger partial charge in [-0.05, 0) is 53.2 Å². The topological polar surface area (TPSA) is 59.8 Å². The van der Waals surface area contributed by atoms with Gasteiger partial charge in [-0.1, -0.05) is 6.07 Å². The van der Waals surface area contributed by atoms with Crippen LogP contribution in [-0.2, 0) is 0 Å². The fraction of sp³-hybridized carbons (Fsp3) is 0.0625. The van der Waals surface area contributed by atoms with Gasteiger partial charge in [-0.25, -0.2) is 18.4 Å². The van der Waals surface area contributed by atoms with Crippen LogP contribution in [0.15, 0.2) is 47.2 Å². The molecule has 1 aromatic carbocycles.